The summed E-state index contributed by atoms with van der Waals surface area (Å²) in [6.07, 6.45) is 3.75. The molecule has 0 aromatic heterocycles. The molecule has 5 heteroatoms. The zero-order valence-corrected chi connectivity index (χ0v) is 19.1. The van der Waals surface area contributed by atoms with Gasteiger partial charge in [0.05, 0.1) is 23.3 Å². The molecule has 1 saturated carbocycles. The van der Waals surface area contributed by atoms with Gasteiger partial charge in [0.25, 0.3) is 0 Å². The van der Waals surface area contributed by atoms with Crippen LogP contribution in [0.3, 0.4) is 0 Å². The molecular weight excluding hydrogens is 406 g/mol. The van der Waals surface area contributed by atoms with Gasteiger partial charge in [0.15, 0.2) is 0 Å². The lowest BCUT2D eigenvalue weighted by atomic mass is 9.48. The molecule has 2 aliphatic heterocycles. The molecule has 2 aromatic carbocycles. The van der Waals surface area contributed by atoms with E-state index in [0.29, 0.717) is 24.3 Å². The lowest BCUT2D eigenvalue weighted by molar-refractivity contribution is -0.165. The van der Waals surface area contributed by atoms with Gasteiger partial charge in [0.1, 0.15) is 0 Å². The highest BCUT2D eigenvalue weighted by molar-refractivity contribution is 7.85. The van der Waals surface area contributed by atoms with E-state index < -0.39 is 10.8 Å². The van der Waals surface area contributed by atoms with Crippen molar-refractivity contribution >= 4 is 16.8 Å². The number of benzene rings is 2. The summed E-state index contributed by atoms with van der Waals surface area (Å²) in [7, 11) is 1.18. The summed E-state index contributed by atoms with van der Waals surface area (Å²) >= 11 is 0. The molecule has 6 rings (SSSR count). The maximum absolute atomic E-state index is 13.1. The summed E-state index contributed by atoms with van der Waals surface area (Å²) in [6.45, 7) is 2.32. The Balaban J connectivity index is 1.49. The number of hydrogen-bond acceptors (Lipinski definition) is 4. The van der Waals surface area contributed by atoms with Gasteiger partial charge in [-0.1, -0.05) is 42.5 Å². The number of hydrogen-bond donors (Lipinski definition) is 0. The van der Waals surface area contributed by atoms with E-state index in [0.717, 1.165) is 30.6 Å². The number of nitrogens with zero attached hydrogens (tertiary/aromatic N) is 1. The van der Waals surface area contributed by atoms with Crippen LogP contribution in [0.4, 0.5) is 0 Å². The molecule has 4 unspecified atom stereocenters. The van der Waals surface area contributed by atoms with Crippen LogP contribution in [0, 0.1) is 11.8 Å². The van der Waals surface area contributed by atoms with Gasteiger partial charge in [-0.3, -0.25) is 13.9 Å². The van der Waals surface area contributed by atoms with Crippen molar-refractivity contribution < 1.29 is 13.7 Å². The van der Waals surface area contributed by atoms with Crippen LogP contribution in [0.5, 0.6) is 0 Å². The average molecular weight is 438 g/mol. The topological polar surface area (TPSA) is 46.6 Å². The van der Waals surface area contributed by atoms with E-state index in [2.05, 4.69) is 36.2 Å². The number of likely N-dealkylation sites (N-methyl/N-ethyl adjacent to an activating group) is 1. The van der Waals surface area contributed by atoms with Gasteiger partial charge in [-0.05, 0) is 68.8 Å². The Hall–Kier alpha value is -1.98. The maximum atomic E-state index is 13.1. The van der Waals surface area contributed by atoms with Crippen LogP contribution in [-0.2, 0) is 32.2 Å². The van der Waals surface area contributed by atoms with Crippen LogP contribution < -0.4 is 0 Å². The van der Waals surface area contributed by atoms with Crippen molar-refractivity contribution in [3.05, 3.63) is 65.7 Å². The summed E-state index contributed by atoms with van der Waals surface area (Å²) in [5.41, 5.74) is 2.85. The lowest BCUT2D eigenvalue weighted by Gasteiger charge is -2.64. The largest absolute Gasteiger partial charge is 0.466 e. The zero-order chi connectivity index (χ0) is 21.6. The number of rotatable bonds is 6. The number of carbonyl (C=O) groups excluding carboxylic acids is 1. The first kappa shape index (κ1) is 20.9. The molecule has 0 amide bonds. The minimum absolute atomic E-state index is 0.00980. The van der Waals surface area contributed by atoms with E-state index in [1.54, 1.807) is 0 Å². The van der Waals surface area contributed by atoms with Crippen molar-refractivity contribution in [1.82, 2.24) is 4.90 Å². The number of fused-ring (bicyclic) bond motifs is 2. The summed E-state index contributed by atoms with van der Waals surface area (Å²) < 4.78 is 18.6. The number of carbonyl (C=O) groups is 1. The van der Waals surface area contributed by atoms with Crippen LogP contribution in [0.25, 0.3) is 0 Å². The Morgan fingerprint density at radius 3 is 2.65 bits per heavy atom. The third-order valence-electron chi connectivity index (χ3n) is 8.08. The second-order valence-electron chi connectivity index (χ2n) is 9.34. The Bertz CT molecular complexity index is 993. The highest BCUT2D eigenvalue weighted by Gasteiger charge is 2.61. The second kappa shape index (κ2) is 8.18. The molecule has 31 heavy (non-hydrogen) atoms. The molecule has 4 bridgehead atoms. The number of piperidine rings is 2. The fraction of sp³-hybridized carbons (Fsp3) is 0.500. The second-order valence-corrected chi connectivity index (χ2v) is 10.9. The molecular formula is C26H31NO3S. The monoisotopic (exact) mass is 437 g/mol. The van der Waals surface area contributed by atoms with Crippen molar-refractivity contribution in [3.8, 4) is 0 Å². The van der Waals surface area contributed by atoms with E-state index in [1.165, 1.54) is 11.1 Å². The van der Waals surface area contributed by atoms with E-state index >= 15 is 0 Å². The summed E-state index contributed by atoms with van der Waals surface area (Å²) in [5.74, 6) is 0.948. The van der Waals surface area contributed by atoms with Crippen molar-refractivity contribution in [2.24, 2.45) is 11.8 Å². The van der Waals surface area contributed by atoms with Gasteiger partial charge in [0, 0.05) is 28.1 Å². The first-order valence-electron chi connectivity index (χ1n) is 11.5. The molecule has 4 nitrogen and oxygen atoms in total. The molecule has 2 aromatic rings. The Labute approximate surface area is 187 Å². The van der Waals surface area contributed by atoms with Crippen LogP contribution in [0.1, 0.15) is 37.3 Å². The van der Waals surface area contributed by atoms with Gasteiger partial charge >= 0.3 is 5.97 Å². The quantitative estimate of drug-likeness (QED) is 0.642. The van der Waals surface area contributed by atoms with Crippen molar-refractivity contribution in [1.29, 1.82) is 0 Å². The molecule has 2 saturated heterocycles. The molecule has 6 atom stereocenters. The third kappa shape index (κ3) is 3.37. The SMILES string of the molecule is CCOC(=O)[C@H]1CC2C3Cc4ccccc4[C@@]2(CCS(=O)c2ccccc2)CC1N3C. The van der Waals surface area contributed by atoms with Gasteiger partial charge < -0.3 is 4.74 Å². The molecule has 164 valence electrons. The molecule has 3 fully saturated rings. The van der Waals surface area contributed by atoms with E-state index in [-0.39, 0.29) is 23.3 Å². The molecule has 0 radical (unpaired) electrons. The standard InChI is InChI=1S/C26H31NO3S/c1-3-30-25(28)20-16-22-23-15-18-9-7-8-12-21(18)26(22,17-24(20)27(23)2)13-14-31(29)19-10-5-4-6-11-19/h4-12,20,22-24H,3,13-17H2,1-2H3/t20-,22?,23?,24?,26+,31?/m0/s1. The number of ether oxygens (including phenoxy) is 1. The molecule has 0 spiro atoms. The predicted molar refractivity (Wildman–Crippen MR) is 122 cm³/mol. The first-order chi connectivity index (χ1) is 15.0. The zero-order valence-electron chi connectivity index (χ0n) is 18.3. The van der Waals surface area contributed by atoms with Crippen LogP contribution >= 0.6 is 0 Å². The third-order valence-corrected chi connectivity index (χ3v) is 9.45. The number of esters is 1. The predicted octanol–water partition coefficient (Wildman–Crippen LogP) is 3.95. The average Bonchev–Trinajstić information content (AvgIpc) is 2.80. The van der Waals surface area contributed by atoms with Gasteiger partial charge in [-0.15, -0.1) is 0 Å². The van der Waals surface area contributed by atoms with Crippen LogP contribution in [0.15, 0.2) is 59.5 Å². The minimum Gasteiger partial charge on any atom is -0.466 e. The van der Waals surface area contributed by atoms with Crippen molar-refractivity contribution in [3.63, 3.8) is 0 Å². The Morgan fingerprint density at radius 1 is 1.13 bits per heavy atom. The first-order valence-corrected chi connectivity index (χ1v) is 12.8. The van der Waals surface area contributed by atoms with Gasteiger partial charge in [-0.2, -0.15) is 0 Å². The summed E-state index contributed by atoms with van der Waals surface area (Å²) in [6, 6.07) is 19.3. The summed E-state index contributed by atoms with van der Waals surface area (Å²) in [4.78, 5) is 16.1. The van der Waals surface area contributed by atoms with Crippen molar-refractivity contribution in [2.45, 2.75) is 55.0 Å². The van der Waals surface area contributed by atoms with E-state index in [9.17, 15) is 9.00 Å². The molecule has 4 aliphatic rings. The fourth-order valence-corrected chi connectivity index (χ4v) is 7.95. The smallest absolute Gasteiger partial charge is 0.310 e. The van der Waals surface area contributed by atoms with Crippen LogP contribution in [0.2, 0.25) is 0 Å². The Kier molecular flexibility index (Phi) is 5.51. The minimum atomic E-state index is -1.01. The highest BCUT2D eigenvalue weighted by atomic mass is 32.2. The molecule has 2 heterocycles. The normalized spacial score (nSPS) is 32.3. The van der Waals surface area contributed by atoms with E-state index in [1.807, 2.05) is 37.3 Å². The van der Waals surface area contributed by atoms with Gasteiger partial charge in [0.2, 0.25) is 0 Å². The highest BCUT2D eigenvalue weighted by Crippen LogP contribution is 2.59. The van der Waals surface area contributed by atoms with Crippen molar-refractivity contribution in [2.75, 3.05) is 19.4 Å². The lowest BCUT2D eigenvalue weighted by Crippen LogP contribution is -2.69. The maximum Gasteiger partial charge on any atom is 0.310 e. The summed E-state index contributed by atoms with van der Waals surface area (Å²) in [5, 5.41) is 0. The molecule has 2 aliphatic carbocycles. The van der Waals surface area contributed by atoms with Gasteiger partial charge in [-0.25, -0.2) is 0 Å². The van der Waals surface area contributed by atoms with E-state index in [4.69, 9.17) is 4.74 Å². The fourth-order valence-electron chi connectivity index (χ4n) is 6.70. The molecule has 0 N–H and O–H groups in total. The Morgan fingerprint density at radius 2 is 1.87 bits per heavy atom. The van der Waals surface area contributed by atoms with Crippen LogP contribution in [-0.4, -0.2) is 46.6 Å².